The van der Waals surface area contributed by atoms with E-state index in [1.54, 1.807) is 0 Å². The van der Waals surface area contributed by atoms with Crippen molar-refractivity contribution in [2.24, 2.45) is 5.92 Å². The van der Waals surface area contributed by atoms with Gasteiger partial charge in [0.1, 0.15) is 0 Å². The maximum Gasteiger partial charge on any atom is 0.192 e. The molecule has 2 aromatic rings. The quantitative estimate of drug-likeness (QED) is 0.530. The molecule has 2 heterocycles. The highest BCUT2D eigenvalue weighted by molar-refractivity contribution is 6.74. The molecule has 0 atom stereocenters. The van der Waals surface area contributed by atoms with Gasteiger partial charge in [-0.15, -0.1) is 0 Å². The Morgan fingerprint density at radius 2 is 1.59 bits per heavy atom. The largest absolute Gasteiger partial charge is 0.414 e. The number of nitrogens with zero attached hydrogens (tertiary/aromatic N) is 3. The first-order valence-corrected chi connectivity index (χ1v) is 14.0. The van der Waals surface area contributed by atoms with E-state index in [4.69, 9.17) is 9.52 Å². The summed E-state index contributed by atoms with van der Waals surface area (Å²) in [7, 11) is -1.67. The van der Waals surface area contributed by atoms with Crippen LogP contribution in [-0.2, 0) is 16.4 Å². The van der Waals surface area contributed by atoms with E-state index in [0.717, 1.165) is 25.2 Å². The smallest absolute Gasteiger partial charge is 0.192 e. The van der Waals surface area contributed by atoms with Gasteiger partial charge in [0.25, 0.3) is 0 Å². The van der Waals surface area contributed by atoms with E-state index < -0.39 is 8.32 Å². The van der Waals surface area contributed by atoms with Gasteiger partial charge in [0.05, 0.1) is 0 Å². The van der Waals surface area contributed by atoms with Gasteiger partial charge in [-0.05, 0) is 62.9 Å². The lowest BCUT2D eigenvalue weighted by Crippen LogP contribution is -2.48. The van der Waals surface area contributed by atoms with Gasteiger partial charge in [-0.1, -0.05) is 41.5 Å². The van der Waals surface area contributed by atoms with Crippen LogP contribution in [0.1, 0.15) is 71.5 Å². The van der Waals surface area contributed by atoms with Crippen LogP contribution < -0.4 is 0 Å². The number of aryl methyl sites for hydroxylation is 2. The molecule has 162 valence electrons. The predicted octanol–water partition coefficient (Wildman–Crippen LogP) is 6.39. The molecular formula is C24H41N3OSi. The summed E-state index contributed by atoms with van der Waals surface area (Å²) >= 11 is 0. The molecule has 1 aliphatic carbocycles. The third kappa shape index (κ3) is 4.56. The summed E-state index contributed by atoms with van der Waals surface area (Å²) < 4.78 is 11.1. The minimum atomic E-state index is -1.67. The first kappa shape index (κ1) is 22.4. The molecule has 0 saturated heterocycles. The summed E-state index contributed by atoms with van der Waals surface area (Å²) in [6, 6.07) is 6.61. The summed E-state index contributed by atoms with van der Waals surface area (Å²) in [4.78, 5) is 0. The van der Waals surface area contributed by atoms with Crippen LogP contribution in [-0.4, -0.2) is 28.8 Å². The van der Waals surface area contributed by atoms with Crippen molar-refractivity contribution in [2.45, 2.75) is 104 Å². The molecule has 2 aromatic heterocycles. The zero-order valence-electron chi connectivity index (χ0n) is 20.3. The Kier molecular flexibility index (Phi) is 5.72. The molecule has 29 heavy (non-hydrogen) atoms. The predicted molar refractivity (Wildman–Crippen MR) is 125 cm³/mol. The molecule has 1 saturated carbocycles. The van der Waals surface area contributed by atoms with Crippen molar-refractivity contribution in [3.63, 3.8) is 0 Å². The van der Waals surface area contributed by atoms with Crippen LogP contribution in [0.4, 0.5) is 0 Å². The minimum Gasteiger partial charge on any atom is -0.414 e. The van der Waals surface area contributed by atoms with E-state index in [2.05, 4.69) is 95.9 Å². The van der Waals surface area contributed by atoms with Crippen LogP contribution in [0.15, 0.2) is 18.2 Å². The maximum absolute atomic E-state index is 6.60. The van der Waals surface area contributed by atoms with E-state index >= 15 is 0 Å². The number of rotatable bonds is 5. The third-order valence-electron chi connectivity index (χ3n) is 6.93. The molecule has 1 fully saturated rings. The second-order valence-electron chi connectivity index (χ2n) is 11.6. The lowest BCUT2D eigenvalue weighted by molar-refractivity contribution is 0.0422. The van der Waals surface area contributed by atoms with Crippen molar-refractivity contribution in [3.05, 3.63) is 35.3 Å². The first-order chi connectivity index (χ1) is 13.2. The summed E-state index contributed by atoms with van der Waals surface area (Å²) in [6.07, 6.45) is 2.75. The van der Waals surface area contributed by atoms with Gasteiger partial charge in [-0.2, -0.15) is 5.10 Å². The Morgan fingerprint density at radius 1 is 1.03 bits per heavy atom. The van der Waals surface area contributed by atoms with Crippen molar-refractivity contribution in [1.82, 2.24) is 14.3 Å². The molecule has 3 rings (SSSR count). The Bertz CT molecular complexity index is 838. The van der Waals surface area contributed by atoms with Crippen LogP contribution in [0.5, 0.6) is 0 Å². The molecule has 0 unspecified atom stereocenters. The van der Waals surface area contributed by atoms with Crippen LogP contribution in [0.25, 0.3) is 5.82 Å². The van der Waals surface area contributed by atoms with Crippen molar-refractivity contribution in [1.29, 1.82) is 0 Å². The first-order valence-electron chi connectivity index (χ1n) is 11.1. The molecule has 1 aliphatic rings. The lowest BCUT2D eigenvalue weighted by Gasteiger charge is -2.45. The molecule has 4 nitrogen and oxygen atoms in total. The van der Waals surface area contributed by atoms with E-state index in [9.17, 15) is 0 Å². The van der Waals surface area contributed by atoms with Crippen LogP contribution in [0, 0.1) is 19.8 Å². The zero-order valence-corrected chi connectivity index (χ0v) is 21.3. The van der Waals surface area contributed by atoms with Gasteiger partial charge >= 0.3 is 0 Å². The summed E-state index contributed by atoms with van der Waals surface area (Å²) in [5, 5.41) is 5.33. The van der Waals surface area contributed by atoms with Gasteiger partial charge in [-0.3, -0.25) is 4.68 Å². The van der Waals surface area contributed by atoms with Gasteiger partial charge < -0.3 is 8.99 Å². The summed E-state index contributed by atoms with van der Waals surface area (Å²) in [6.45, 7) is 23.8. The molecule has 0 N–H and O–H groups in total. The number of hydrogen-bond acceptors (Lipinski definition) is 2. The second-order valence-corrected chi connectivity index (χ2v) is 16.4. The van der Waals surface area contributed by atoms with Crippen LogP contribution in [0.3, 0.4) is 0 Å². The van der Waals surface area contributed by atoms with Crippen molar-refractivity contribution in [3.8, 4) is 5.82 Å². The second kappa shape index (κ2) is 7.42. The molecule has 0 aliphatic heterocycles. The monoisotopic (exact) mass is 415 g/mol. The summed E-state index contributed by atoms with van der Waals surface area (Å²) in [5.41, 5.74) is 3.85. The van der Waals surface area contributed by atoms with Crippen LogP contribution in [0.2, 0.25) is 18.1 Å². The van der Waals surface area contributed by atoms with E-state index in [-0.39, 0.29) is 10.5 Å². The standard InChI is InChI=1S/C24H41N3OSi/c1-17-11-12-18(2)27(17)22-15-21(23(3,4)5)26(25-22)16-19-13-20(14-19)28-29(9,10)24(6,7)8/h11-12,15,19-20H,13-14,16H2,1-10H3. The zero-order chi connectivity index (χ0) is 21.8. The fourth-order valence-electron chi connectivity index (χ4n) is 4.04. The lowest BCUT2D eigenvalue weighted by atomic mass is 9.82. The van der Waals surface area contributed by atoms with Crippen LogP contribution >= 0.6 is 0 Å². The fraction of sp³-hybridized carbons (Fsp3) is 0.708. The highest BCUT2D eigenvalue weighted by Crippen LogP contribution is 2.42. The van der Waals surface area contributed by atoms with Gasteiger partial charge in [0, 0.05) is 41.2 Å². The Balaban J connectivity index is 1.74. The van der Waals surface area contributed by atoms with Gasteiger partial charge in [-0.25, -0.2) is 0 Å². The van der Waals surface area contributed by atoms with E-state index in [1.807, 2.05) is 0 Å². The fourth-order valence-corrected chi connectivity index (χ4v) is 5.42. The molecule has 0 radical (unpaired) electrons. The van der Waals surface area contributed by atoms with Crippen molar-refractivity contribution >= 4 is 8.32 Å². The Morgan fingerprint density at radius 3 is 2.07 bits per heavy atom. The third-order valence-corrected chi connectivity index (χ3v) is 11.5. The molecule has 5 heteroatoms. The maximum atomic E-state index is 6.60. The van der Waals surface area contributed by atoms with Gasteiger partial charge in [0.15, 0.2) is 14.1 Å². The van der Waals surface area contributed by atoms with Crippen molar-refractivity contribution in [2.75, 3.05) is 0 Å². The molecule has 0 aromatic carbocycles. The number of hydrogen-bond donors (Lipinski definition) is 0. The summed E-state index contributed by atoms with van der Waals surface area (Å²) in [5.74, 6) is 1.70. The molecule has 0 amide bonds. The Labute approximate surface area is 178 Å². The average molecular weight is 416 g/mol. The highest BCUT2D eigenvalue weighted by Gasteiger charge is 2.42. The Hall–Kier alpha value is -1.33. The SMILES string of the molecule is Cc1ccc(C)n1-c1cc(C(C)(C)C)n(CC2CC(O[Si](C)(C)C(C)(C)C)C2)n1. The average Bonchev–Trinajstić information content (AvgIpc) is 3.07. The molecular weight excluding hydrogens is 374 g/mol. The highest BCUT2D eigenvalue weighted by atomic mass is 28.4. The normalized spacial score (nSPS) is 20.8. The van der Waals surface area contributed by atoms with E-state index in [1.165, 1.54) is 17.1 Å². The topological polar surface area (TPSA) is 32.0 Å². The van der Waals surface area contributed by atoms with Crippen molar-refractivity contribution < 1.29 is 4.43 Å². The minimum absolute atomic E-state index is 0.0704. The van der Waals surface area contributed by atoms with Gasteiger partial charge in [0.2, 0.25) is 0 Å². The molecule has 0 spiro atoms. The number of aromatic nitrogens is 3. The molecule has 0 bridgehead atoms. The van der Waals surface area contributed by atoms with E-state index in [0.29, 0.717) is 12.0 Å².